The van der Waals surface area contributed by atoms with E-state index in [-0.39, 0.29) is 0 Å². The van der Waals surface area contributed by atoms with Crippen LogP contribution in [0.1, 0.15) is 37.3 Å². The van der Waals surface area contributed by atoms with Crippen LogP contribution in [-0.2, 0) is 9.84 Å². The Kier molecular flexibility index (Phi) is 5.36. The van der Waals surface area contributed by atoms with Crippen molar-refractivity contribution in [2.24, 2.45) is 0 Å². The van der Waals surface area contributed by atoms with Crippen LogP contribution in [0.2, 0.25) is 0 Å². The zero-order valence-corrected chi connectivity index (χ0v) is 17.2. The Morgan fingerprint density at radius 2 is 1.96 bits per heavy atom. The second-order valence-electron chi connectivity index (χ2n) is 7.95. The molecule has 1 aromatic carbocycles. The van der Waals surface area contributed by atoms with Gasteiger partial charge in [0.1, 0.15) is 0 Å². The molecule has 0 radical (unpaired) electrons. The molecule has 1 aromatic rings. The zero-order chi connectivity index (χ0) is 18.3. The molecule has 3 fully saturated rings. The van der Waals surface area contributed by atoms with Crippen molar-refractivity contribution in [3.63, 3.8) is 0 Å². The van der Waals surface area contributed by atoms with Crippen molar-refractivity contribution in [1.29, 1.82) is 0 Å². The van der Waals surface area contributed by atoms with E-state index in [4.69, 9.17) is 0 Å². The SMILES string of the molecule is CN1CN(CC2CCCS2)C2CCC(c3ccc(S(C)(=O)=O)cc3)NC21. The topological polar surface area (TPSA) is 52.7 Å². The smallest absolute Gasteiger partial charge is 0.175 e. The Labute approximate surface area is 161 Å². The first-order valence-electron chi connectivity index (χ1n) is 9.54. The van der Waals surface area contributed by atoms with Gasteiger partial charge in [-0.05, 0) is 56.2 Å². The maximum Gasteiger partial charge on any atom is 0.175 e. The van der Waals surface area contributed by atoms with Gasteiger partial charge in [-0.1, -0.05) is 12.1 Å². The van der Waals surface area contributed by atoms with Gasteiger partial charge in [0.2, 0.25) is 0 Å². The molecule has 0 spiro atoms. The summed E-state index contributed by atoms with van der Waals surface area (Å²) < 4.78 is 23.3. The lowest BCUT2D eigenvalue weighted by Crippen LogP contribution is -2.52. The van der Waals surface area contributed by atoms with Gasteiger partial charge < -0.3 is 0 Å². The second-order valence-corrected chi connectivity index (χ2v) is 11.4. The van der Waals surface area contributed by atoms with Gasteiger partial charge in [-0.3, -0.25) is 15.1 Å². The van der Waals surface area contributed by atoms with Crippen LogP contribution in [0.5, 0.6) is 0 Å². The maximum absolute atomic E-state index is 11.7. The highest BCUT2D eigenvalue weighted by atomic mass is 32.2. The van der Waals surface area contributed by atoms with E-state index in [0.29, 0.717) is 23.1 Å². The Morgan fingerprint density at radius 1 is 1.19 bits per heavy atom. The summed E-state index contributed by atoms with van der Waals surface area (Å²) in [4.78, 5) is 5.50. The number of hydrogen-bond donors (Lipinski definition) is 1. The number of thioether (sulfide) groups is 1. The van der Waals surface area contributed by atoms with Crippen LogP contribution < -0.4 is 5.32 Å². The van der Waals surface area contributed by atoms with Crippen molar-refractivity contribution in [2.75, 3.05) is 32.3 Å². The standard InChI is InChI=1S/C19H29N3O2S2/c1-21-13-22(12-15-4-3-11-25-15)18-10-9-17(20-19(18)21)14-5-7-16(8-6-14)26(2,23)24/h5-8,15,17-20H,3-4,9-13H2,1-2H3. The lowest BCUT2D eigenvalue weighted by atomic mass is 9.92. The molecule has 5 nitrogen and oxygen atoms in total. The number of fused-ring (bicyclic) bond motifs is 1. The Bertz CT molecular complexity index is 732. The zero-order valence-electron chi connectivity index (χ0n) is 15.6. The fraction of sp³-hybridized carbons (Fsp3) is 0.684. The summed E-state index contributed by atoms with van der Waals surface area (Å²) in [7, 11) is -0.920. The number of piperidine rings is 1. The third kappa shape index (κ3) is 3.83. The highest BCUT2D eigenvalue weighted by Gasteiger charge is 2.42. The first kappa shape index (κ1) is 18.7. The van der Waals surface area contributed by atoms with Crippen LogP contribution >= 0.6 is 11.8 Å². The number of rotatable bonds is 4. The van der Waals surface area contributed by atoms with Crippen molar-refractivity contribution in [3.05, 3.63) is 29.8 Å². The molecule has 3 aliphatic heterocycles. The summed E-state index contributed by atoms with van der Waals surface area (Å²) in [5.74, 6) is 1.33. The third-order valence-corrected chi connectivity index (χ3v) is 8.52. The molecular formula is C19H29N3O2S2. The van der Waals surface area contributed by atoms with Crippen LogP contribution in [0.4, 0.5) is 0 Å². The Hall–Kier alpha value is -0.600. The molecule has 0 amide bonds. The lowest BCUT2D eigenvalue weighted by molar-refractivity contribution is 0.165. The molecule has 0 aliphatic carbocycles. The van der Waals surface area contributed by atoms with Crippen LogP contribution in [-0.4, -0.2) is 67.9 Å². The molecule has 4 unspecified atom stereocenters. The average Bonchev–Trinajstić information content (AvgIpc) is 3.23. The molecule has 0 aromatic heterocycles. The van der Waals surface area contributed by atoms with Crippen molar-refractivity contribution < 1.29 is 8.42 Å². The van der Waals surface area contributed by atoms with Crippen molar-refractivity contribution in [2.45, 2.75) is 54.1 Å². The van der Waals surface area contributed by atoms with Gasteiger partial charge in [0.05, 0.1) is 17.7 Å². The molecule has 4 atom stereocenters. The predicted molar refractivity (Wildman–Crippen MR) is 107 cm³/mol. The number of nitrogens with one attached hydrogen (secondary N) is 1. The summed E-state index contributed by atoms with van der Waals surface area (Å²) in [6.07, 6.45) is 6.67. The van der Waals surface area contributed by atoms with E-state index in [2.05, 4.69) is 33.9 Å². The van der Waals surface area contributed by atoms with Crippen molar-refractivity contribution in [1.82, 2.24) is 15.1 Å². The number of sulfone groups is 1. The quantitative estimate of drug-likeness (QED) is 0.844. The molecule has 7 heteroatoms. The van der Waals surface area contributed by atoms with E-state index in [1.54, 1.807) is 12.1 Å². The number of benzene rings is 1. The first-order valence-corrected chi connectivity index (χ1v) is 12.5. The molecule has 3 aliphatic rings. The number of nitrogens with zero attached hydrogens (tertiary/aromatic N) is 2. The van der Waals surface area contributed by atoms with Gasteiger partial charge in [0.15, 0.2) is 9.84 Å². The van der Waals surface area contributed by atoms with Crippen molar-refractivity contribution >= 4 is 21.6 Å². The van der Waals surface area contributed by atoms with Crippen LogP contribution in [0.15, 0.2) is 29.2 Å². The Balaban J connectivity index is 1.42. The molecular weight excluding hydrogens is 366 g/mol. The number of likely N-dealkylation sites (N-methyl/N-ethyl adjacent to an activating group) is 1. The molecule has 0 bridgehead atoms. The first-order chi connectivity index (χ1) is 12.4. The van der Waals surface area contributed by atoms with Gasteiger partial charge in [-0.25, -0.2) is 8.42 Å². The predicted octanol–water partition coefficient (Wildman–Crippen LogP) is 2.31. The molecule has 1 N–H and O–H groups in total. The van der Waals surface area contributed by atoms with Crippen LogP contribution in [0, 0.1) is 0 Å². The lowest BCUT2D eigenvalue weighted by Gasteiger charge is -2.38. The van der Waals surface area contributed by atoms with E-state index in [0.717, 1.165) is 18.3 Å². The van der Waals surface area contributed by atoms with E-state index >= 15 is 0 Å². The molecule has 3 saturated heterocycles. The minimum atomic E-state index is -3.13. The van der Waals surface area contributed by atoms with Gasteiger partial charge >= 0.3 is 0 Å². The molecule has 0 saturated carbocycles. The maximum atomic E-state index is 11.7. The molecule has 3 heterocycles. The minimum Gasteiger partial charge on any atom is -0.293 e. The second kappa shape index (κ2) is 7.43. The summed E-state index contributed by atoms with van der Waals surface area (Å²) in [5.41, 5.74) is 1.19. The van der Waals surface area contributed by atoms with E-state index in [1.165, 1.54) is 43.4 Å². The fourth-order valence-electron chi connectivity index (χ4n) is 4.63. The third-order valence-electron chi connectivity index (χ3n) is 6.01. The number of hydrogen-bond acceptors (Lipinski definition) is 6. The summed E-state index contributed by atoms with van der Waals surface area (Å²) in [6, 6.07) is 8.30. The van der Waals surface area contributed by atoms with Crippen molar-refractivity contribution in [3.8, 4) is 0 Å². The monoisotopic (exact) mass is 395 g/mol. The van der Waals surface area contributed by atoms with Crippen LogP contribution in [0.25, 0.3) is 0 Å². The van der Waals surface area contributed by atoms with Gasteiger partial charge in [-0.15, -0.1) is 0 Å². The molecule has 144 valence electrons. The van der Waals surface area contributed by atoms with Gasteiger partial charge in [-0.2, -0.15) is 11.8 Å². The Morgan fingerprint density at radius 3 is 2.62 bits per heavy atom. The molecule has 26 heavy (non-hydrogen) atoms. The van der Waals surface area contributed by atoms with Gasteiger partial charge in [0.25, 0.3) is 0 Å². The fourth-order valence-corrected chi connectivity index (χ4v) is 6.56. The summed E-state index contributed by atoms with van der Waals surface area (Å²) in [6.45, 7) is 2.25. The van der Waals surface area contributed by atoms with E-state index in [9.17, 15) is 8.42 Å². The molecule has 4 rings (SSSR count). The highest BCUT2D eigenvalue weighted by molar-refractivity contribution is 8.00. The normalized spacial score (nSPS) is 33.5. The summed E-state index contributed by atoms with van der Waals surface area (Å²) in [5, 5.41) is 4.63. The average molecular weight is 396 g/mol. The van der Waals surface area contributed by atoms with Gasteiger partial charge in [0, 0.05) is 30.1 Å². The summed E-state index contributed by atoms with van der Waals surface area (Å²) >= 11 is 2.14. The largest absolute Gasteiger partial charge is 0.293 e. The van der Waals surface area contributed by atoms with Crippen LogP contribution in [0.3, 0.4) is 0 Å². The highest BCUT2D eigenvalue weighted by Crippen LogP contribution is 2.35. The minimum absolute atomic E-state index is 0.299. The van der Waals surface area contributed by atoms with E-state index < -0.39 is 9.84 Å². The van der Waals surface area contributed by atoms with E-state index in [1.807, 2.05) is 12.1 Å².